The number of nitrogens with one attached hydrogen (secondary N) is 1. The van der Waals surface area contributed by atoms with Gasteiger partial charge in [-0.1, -0.05) is 34.1 Å². The Balaban J connectivity index is 0. The van der Waals surface area contributed by atoms with Gasteiger partial charge < -0.3 is 14.8 Å². The van der Waals surface area contributed by atoms with Crippen LogP contribution in [0.3, 0.4) is 0 Å². The van der Waals surface area contributed by atoms with Crippen LogP contribution in [0.1, 0.15) is 41.0 Å². The zero-order valence-corrected chi connectivity index (χ0v) is 13.2. The summed E-state index contributed by atoms with van der Waals surface area (Å²) in [6.45, 7) is 9.70. The van der Waals surface area contributed by atoms with Crippen molar-refractivity contribution in [3.8, 4) is 11.5 Å². The Bertz CT molecular complexity index is 351. The van der Waals surface area contributed by atoms with E-state index in [1.165, 1.54) is 13.3 Å². The van der Waals surface area contributed by atoms with Crippen LogP contribution >= 0.6 is 0 Å². The highest BCUT2D eigenvalue weighted by atomic mass is 16.5. The Morgan fingerprint density at radius 3 is 2.05 bits per heavy atom. The lowest BCUT2D eigenvalue weighted by molar-refractivity contribution is -0.114. The molecule has 0 aromatic heterocycles. The summed E-state index contributed by atoms with van der Waals surface area (Å²) < 4.78 is 10.1. The summed E-state index contributed by atoms with van der Waals surface area (Å²) in [4.78, 5) is 10.8. The van der Waals surface area contributed by atoms with Gasteiger partial charge in [-0.25, -0.2) is 0 Å². The fraction of sp³-hybridized carbons (Fsp3) is 0.533. The highest BCUT2D eigenvalue weighted by molar-refractivity contribution is 5.90. The fourth-order valence-electron chi connectivity index (χ4n) is 1.09. The number of rotatable bonds is 3. The zero-order chi connectivity index (χ0) is 15.3. The zero-order valence-electron chi connectivity index (χ0n) is 13.2. The smallest absolute Gasteiger partial charge is 0.221 e. The van der Waals surface area contributed by atoms with Crippen LogP contribution in [-0.2, 0) is 4.79 Å². The van der Waals surface area contributed by atoms with Crippen LogP contribution in [0, 0.1) is 0 Å². The standard InChI is InChI=1S/C10H13NO3.C3H8.C2H6/c1-7(12)11-9-5-4-8(13-2)6-10(9)14-3;1-3-2;1-2/h4-6H,1-3H3,(H,11,12);3H2,1-2H3;1-2H3. The van der Waals surface area contributed by atoms with E-state index in [9.17, 15) is 4.79 Å². The van der Waals surface area contributed by atoms with Gasteiger partial charge in [-0.3, -0.25) is 4.79 Å². The van der Waals surface area contributed by atoms with Crippen molar-refractivity contribution in [1.82, 2.24) is 0 Å². The van der Waals surface area contributed by atoms with Crippen molar-refractivity contribution < 1.29 is 14.3 Å². The molecule has 0 aliphatic heterocycles. The number of carbonyl (C=O) groups excluding carboxylic acids is 1. The monoisotopic (exact) mass is 269 g/mol. The van der Waals surface area contributed by atoms with Crippen LogP contribution in [0.2, 0.25) is 0 Å². The maximum atomic E-state index is 10.8. The number of ether oxygens (including phenoxy) is 2. The summed E-state index contributed by atoms with van der Waals surface area (Å²) in [6.07, 6.45) is 1.25. The molecule has 0 radical (unpaired) electrons. The topological polar surface area (TPSA) is 47.6 Å². The van der Waals surface area contributed by atoms with Crippen molar-refractivity contribution in [1.29, 1.82) is 0 Å². The number of anilines is 1. The highest BCUT2D eigenvalue weighted by Gasteiger charge is 2.05. The number of carbonyl (C=O) groups is 1. The van der Waals surface area contributed by atoms with Crippen molar-refractivity contribution in [3.05, 3.63) is 18.2 Å². The first-order chi connectivity index (χ1) is 9.08. The van der Waals surface area contributed by atoms with E-state index < -0.39 is 0 Å². The number of amides is 1. The van der Waals surface area contributed by atoms with E-state index in [0.717, 1.165) is 0 Å². The van der Waals surface area contributed by atoms with Crippen molar-refractivity contribution in [2.75, 3.05) is 19.5 Å². The van der Waals surface area contributed by atoms with E-state index in [1.54, 1.807) is 32.4 Å². The molecule has 4 nitrogen and oxygen atoms in total. The van der Waals surface area contributed by atoms with Crippen molar-refractivity contribution in [2.45, 2.75) is 41.0 Å². The molecule has 4 heteroatoms. The van der Waals surface area contributed by atoms with Gasteiger partial charge in [0.15, 0.2) is 0 Å². The normalized spacial score (nSPS) is 8.16. The van der Waals surface area contributed by atoms with Gasteiger partial charge in [0.25, 0.3) is 0 Å². The number of methoxy groups -OCH3 is 2. The molecule has 0 atom stereocenters. The van der Waals surface area contributed by atoms with Crippen molar-refractivity contribution >= 4 is 11.6 Å². The number of hydrogen-bond donors (Lipinski definition) is 1. The van der Waals surface area contributed by atoms with Gasteiger partial charge in [0.05, 0.1) is 19.9 Å². The summed E-state index contributed by atoms with van der Waals surface area (Å²) in [5, 5.41) is 2.66. The first-order valence-electron chi connectivity index (χ1n) is 6.58. The first-order valence-corrected chi connectivity index (χ1v) is 6.58. The molecule has 0 unspecified atom stereocenters. The predicted octanol–water partition coefficient (Wildman–Crippen LogP) is 4.10. The minimum Gasteiger partial charge on any atom is -0.497 e. The second kappa shape index (κ2) is 12.7. The van der Waals surface area contributed by atoms with Gasteiger partial charge in [0.1, 0.15) is 11.5 Å². The van der Waals surface area contributed by atoms with Crippen LogP contribution in [0.5, 0.6) is 11.5 Å². The molecule has 110 valence electrons. The molecule has 19 heavy (non-hydrogen) atoms. The summed E-state index contributed by atoms with van der Waals surface area (Å²) in [5.41, 5.74) is 0.640. The minimum atomic E-state index is -0.131. The third kappa shape index (κ3) is 8.94. The van der Waals surface area contributed by atoms with Gasteiger partial charge in [-0.2, -0.15) is 0 Å². The molecule has 1 aromatic carbocycles. The Kier molecular flexibility index (Phi) is 13.2. The highest BCUT2D eigenvalue weighted by Crippen LogP contribution is 2.28. The molecular formula is C15H27NO3. The lowest BCUT2D eigenvalue weighted by atomic mass is 10.2. The predicted molar refractivity (Wildman–Crippen MR) is 81.2 cm³/mol. The largest absolute Gasteiger partial charge is 0.497 e. The molecule has 0 saturated heterocycles. The Morgan fingerprint density at radius 2 is 1.68 bits per heavy atom. The molecule has 0 saturated carbocycles. The van der Waals surface area contributed by atoms with Crippen LogP contribution in [0.15, 0.2) is 18.2 Å². The Morgan fingerprint density at radius 1 is 1.16 bits per heavy atom. The number of hydrogen-bond acceptors (Lipinski definition) is 3. The SMILES string of the molecule is CC.CCC.COc1ccc(NC(C)=O)c(OC)c1. The molecule has 1 aromatic rings. The molecule has 0 fully saturated rings. The van der Waals surface area contributed by atoms with Gasteiger partial charge in [0, 0.05) is 13.0 Å². The number of benzene rings is 1. The molecule has 0 aliphatic carbocycles. The average molecular weight is 269 g/mol. The van der Waals surface area contributed by atoms with Crippen LogP contribution in [0.25, 0.3) is 0 Å². The first kappa shape index (κ1) is 19.6. The van der Waals surface area contributed by atoms with E-state index in [4.69, 9.17) is 9.47 Å². The van der Waals surface area contributed by atoms with Gasteiger partial charge >= 0.3 is 0 Å². The fourth-order valence-corrected chi connectivity index (χ4v) is 1.09. The van der Waals surface area contributed by atoms with E-state index in [-0.39, 0.29) is 5.91 Å². The Labute approximate surface area is 117 Å². The molecule has 0 bridgehead atoms. The third-order valence-corrected chi connectivity index (χ3v) is 1.72. The molecule has 0 aliphatic rings. The summed E-state index contributed by atoms with van der Waals surface area (Å²) >= 11 is 0. The maximum Gasteiger partial charge on any atom is 0.221 e. The second-order valence-corrected chi connectivity index (χ2v) is 3.45. The van der Waals surface area contributed by atoms with Crippen LogP contribution in [-0.4, -0.2) is 20.1 Å². The Hall–Kier alpha value is -1.71. The van der Waals surface area contributed by atoms with Gasteiger partial charge in [-0.15, -0.1) is 0 Å². The van der Waals surface area contributed by atoms with E-state index in [2.05, 4.69) is 19.2 Å². The molecule has 0 heterocycles. The lowest BCUT2D eigenvalue weighted by Gasteiger charge is -2.09. The lowest BCUT2D eigenvalue weighted by Crippen LogP contribution is -2.07. The summed E-state index contributed by atoms with van der Waals surface area (Å²) in [6, 6.07) is 5.21. The maximum absolute atomic E-state index is 10.8. The molecular weight excluding hydrogens is 242 g/mol. The molecule has 1 amide bonds. The van der Waals surface area contributed by atoms with Crippen molar-refractivity contribution in [2.24, 2.45) is 0 Å². The molecule has 0 spiro atoms. The third-order valence-electron chi connectivity index (χ3n) is 1.72. The average Bonchev–Trinajstić information content (AvgIpc) is 2.42. The quantitative estimate of drug-likeness (QED) is 0.898. The van der Waals surface area contributed by atoms with E-state index in [1.807, 2.05) is 13.8 Å². The van der Waals surface area contributed by atoms with E-state index in [0.29, 0.717) is 17.2 Å². The van der Waals surface area contributed by atoms with Crippen LogP contribution in [0.4, 0.5) is 5.69 Å². The molecule has 1 N–H and O–H groups in total. The second-order valence-electron chi connectivity index (χ2n) is 3.45. The van der Waals surface area contributed by atoms with Crippen molar-refractivity contribution in [3.63, 3.8) is 0 Å². The van der Waals surface area contributed by atoms with Gasteiger partial charge in [0.2, 0.25) is 5.91 Å². The summed E-state index contributed by atoms with van der Waals surface area (Å²) in [5.74, 6) is 1.14. The summed E-state index contributed by atoms with van der Waals surface area (Å²) in [7, 11) is 3.12. The minimum absolute atomic E-state index is 0.131. The molecule has 1 rings (SSSR count). The van der Waals surface area contributed by atoms with E-state index >= 15 is 0 Å². The van der Waals surface area contributed by atoms with Gasteiger partial charge in [-0.05, 0) is 12.1 Å². The van der Waals surface area contributed by atoms with Crippen LogP contribution < -0.4 is 14.8 Å².